The summed E-state index contributed by atoms with van der Waals surface area (Å²) in [6.45, 7) is 5.09. The predicted molar refractivity (Wildman–Crippen MR) is 148 cm³/mol. The molecule has 0 spiro atoms. The van der Waals surface area contributed by atoms with E-state index in [1.165, 1.54) is 11.4 Å². The second kappa shape index (κ2) is 11.1. The van der Waals surface area contributed by atoms with Gasteiger partial charge in [-0.05, 0) is 48.1 Å². The first kappa shape index (κ1) is 26.4. The van der Waals surface area contributed by atoms with Gasteiger partial charge in [0.1, 0.15) is 5.76 Å². The minimum absolute atomic E-state index is 0. The molecule has 4 atom stereocenters. The van der Waals surface area contributed by atoms with Gasteiger partial charge in [0, 0.05) is 17.3 Å². The molecule has 182 valence electrons. The van der Waals surface area contributed by atoms with Crippen molar-refractivity contribution in [2.75, 3.05) is 4.57 Å². The van der Waals surface area contributed by atoms with Crippen LogP contribution in [0, 0.1) is 19.3 Å². The van der Waals surface area contributed by atoms with Gasteiger partial charge in [0.2, 0.25) is 0 Å². The first-order valence-corrected chi connectivity index (χ1v) is 18.9. The van der Waals surface area contributed by atoms with Gasteiger partial charge in [-0.15, -0.1) is 11.4 Å². The number of anilines is 2. The third-order valence-corrected chi connectivity index (χ3v) is 11.6. The molecule has 1 fully saturated rings. The third kappa shape index (κ3) is 4.84. The zero-order valence-corrected chi connectivity index (χ0v) is 24.3. The Morgan fingerprint density at radius 2 is 1.46 bits per heavy atom. The molecule has 0 saturated heterocycles. The molecule has 2 aliphatic carbocycles. The van der Waals surface area contributed by atoms with Gasteiger partial charge in [0.25, 0.3) is 0 Å². The van der Waals surface area contributed by atoms with E-state index in [4.69, 9.17) is 28.3 Å². The van der Waals surface area contributed by atoms with Gasteiger partial charge in [-0.3, -0.25) is 0 Å². The van der Waals surface area contributed by atoms with Crippen LogP contribution in [0.1, 0.15) is 18.1 Å². The summed E-state index contributed by atoms with van der Waals surface area (Å²) in [5.74, 6) is 2.63. The summed E-state index contributed by atoms with van der Waals surface area (Å²) in [5, 5.41) is 4.98. The summed E-state index contributed by atoms with van der Waals surface area (Å²) < 4.78 is 8.60. The molecule has 1 aromatic heterocycles. The number of fused-ring (bicyclic) bond motifs is 3. The number of rotatable bonds is 3. The molecule has 0 N–H and O–H groups in total. The van der Waals surface area contributed by atoms with Crippen molar-refractivity contribution in [3.8, 4) is 0 Å². The third-order valence-electron chi connectivity index (χ3n) is 7.54. The van der Waals surface area contributed by atoms with Crippen LogP contribution in [0.25, 0.3) is 5.32 Å². The molecule has 35 heavy (non-hydrogen) atoms. The number of furan rings is 1. The Labute approximate surface area is 227 Å². The van der Waals surface area contributed by atoms with Crippen LogP contribution < -0.4 is 4.57 Å². The molecule has 3 nitrogen and oxygen atoms in total. The minimum atomic E-state index is -1.99. The van der Waals surface area contributed by atoms with Crippen molar-refractivity contribution in [1.82, 2.24) is 0 Å². The van der Waals surface area contributed by atoms with Gasteiger partial charge in [0.15, 0.2) is 8.24 Å². The molecule has 0 bridgehead atoms. The quantitative estimate of drug-likeness (QED) is 0.237. The second-order valence-corrected chi connectivity index (χ2v) is 16.6. The summed E-state index contributed by atoms with van der Waals surface area (Å²) in [6, 6.07) is 21.5. The molecular weight excluding hydrogens is 527 g/mol. The number of allylic oxidation sites excluding steroid dienone is 4. The molecule has 0 radical (unpaired) electrons. The van der Waals surface area contributed by atoms with Crippen molar-refractivity contribution >= 4 is 49.6 Å². The van der Waals surface area contributed by atoms with Crippen molar-refractivity contribution in [2.45, 2.75) is 31.0 Å². The fourth-order valence-corrected chi connectivity index (χ4v) is 10.2. The van der Waals surface area contributed by atoms with Crippen LogP contribution >= 0.6 is 18.6 Å². The van der Waals surface area contributed by atoms with Crippen LogP contribution in [0.5, 0.6) is 0 Å². The predicted octanol–water partition coefficient (Wildman–Crippen LogP) is 10.0. The van der Waals surface area contributed by atoms with Crippen LogP contribution in [-0.2, 0) is 17.0 Å². The number of hydrogen-bond donors (Lipinski definition) is 0. The SMILES string of the molecule is C[Si](C)(C1C[C@H](c2ccco2)[C@@H]2C=CC=C[C@H]12)N1c2ccccc2[N-]c2ccccc21.[CH3-].[Cl][Ti][Cl]. The fourth-order valence-electron chi connectivity index (χ4n) is 6.14. The van der Waals surface area contributed by atoms with Crippen molar-refractivity contribution in [3.05, 3.63) is 110 Å². The molecular formula is C28H30Cl2N2OSiTi-2. The molecule has 1 saturated carbocycles. The number of hydrogen-bond acceptors (Lipinski definition) is 2. The average molecular weight is 557 g/mol. The Kier molecular flexibility index (Phi) is 8.40. The number of para-hydroxylation sites is 4. The Morgan fingerprint density at radius 3 is 2.03 bits per heavy atom. The average Bonchev–Trinajstić information content (AvgIpc) is 3.51. The number of halogens is 2. The van der Waals surface area contributed by atoms with Crippen molar-refractivity contribution < 1.29 is 21.4 Å². The Balaban J connectivity index is 0.000000689. The van der Waals surface area contributed by atoms with Crippen LogP contribution in [-0.4, -0.2) is 8.24 Å². The van der Waals surface area contributed by atoms with Gasteiger partial charge in [-0.1, -0.05) is 73.8 Å². The van der Waals surface area contributed by atoms with Gasteiger partial charge in [-0.2, -0.15) is 0 Å². The van der Waals surface area contributed by atoms with E-state index in [0.29, 0.717) is 23.3 Å². The van der Waals surface area contributed by atoms with Gasteiger partial charge in [0.05, 0.1) is 6.26 Å². The van der Waals surface area contributed by atoms with E-state index in [1.807, 2.05) is 12.3 Å². The zero-order valence-electron chi connectivity index (χ0n) is 20.2. The first-order chi connectivity index (χ1) is 16.6. The molecule has 3 aliphatic rings. The maximum atomic E-state index is 5.91. The van der Waals surface area contributed by atoms with Gasteiger partial charge >= 0.3 is 35.6 Å². The topological polar surface area (TPSA) is 30.5 Å². The van der Waals surface area contributed by atoms with E-state index < -0.39 is 25.3 Å². The van der Waals surface area contributed by atoms with Crippen molar-refractivity contribution in [3.63, 3.8) is 0 Å². The molecule has 0 amide bonds. The maximum absolute atomic E-state index is 5.91. The van der Waals surface area contributed by atoms with Crippen LogP contribution in [0.15, 0.2) is 95.6 Å². The molecule has 1 unspecified atom stereocenters. The van der Waals surface area contributed by atoms with Gasteiger partial charge in [-0.25, -0.2) is 0 Å². The molecule has 3 aromatic rings. The molecule has 6 rings (SSSR count). The zero-order chi connectivity index (χ0) is 23.7. The molecule has 7 heteroatoms. The monoisotopic (exact) mass is 556 g/mol. The fraction of sp³-hybridized carbons (Fsp3) is 0.250. The molecule has 1 aliphatic heterocycles. The normalized spacial score (nSPS) is 23.6. The van der Waals surface area contributed by atoms with E-state index in [0.717, 1.165) is 23.6 Å². The van der Waals surface area contributed by atoms with E-state index in [-0.39, 0.29) is 7.43 Å². The number of nitrogens with zero attached hydrogens (tertiary/aromatic N) is 2. The van der Waals surface area contributed by atoms with E-state index in [2.05, 4.69) is 96.6 Å². The van der Waals surface area contributed by atoms with Crippen LogP contribution in [0.4, 0.5) is 22.7 Å². The first-order valence-electron chi connectivity index (χ1n) is 11.6. The Hall–Kier alpha value is -1.69. The van der Waals surface area contributed by atoms with Crippen molar-refractivity contribution in [1.29, 1.82) is 0 Å². The Bertz CT molecular complexity index is 1150. The molecule has 2 heterocycles. The number of benzene rings is 2. The van der Waals surface area contributed by atoms with Crippen molar-refractivity contribution in [2.24, 2.45) is 11.8 Å². The van der Waals surface area contributed by atoms with Crippen LogP contribution in [0.3, 0.4) is 0 Å². The van der Waals surface area contributed by atoms with Gasteiger partial charge < -0.3 is 21.7 Å². The molecule has 2 aromatic carbocycles. The summed E-state index contributed by atoms with van der Waals surface area (Å²) in [5.41, 5.74) is 5.28. The van der Waals surface area contributed by atoms with E-state index in [9.17, 15) is 0 Å². The summed E-state index contributed by atoms with van der Waals surface area (Å²) >= 11 is -0.556. The summed E-state index contributed by atoms with van der Waals surface area (Å²) in [4.78, 5) is 0. The second-order valence-electron chi connectivity index (χ2n) is 9.54. The van der Waals surface area contributed by atoms with E-state index >= 15 is 0 Å². The Morgan fingerprint density at radius 1 is 0.886 bits per heavy atom. The summed E-state index contributed by atoms with van der Waals surface area (Å²) in [6.07, 6.45) is 12.3. The van der Waals surface area contributed by atoms with Crippen LogP contribution in [0.2, 0.25) is 18.6 Å². The van der Waals surface area contributed by atoms with E-state index in [1.54, 1.807) is 0 Å². The summed E-state index contributed by atoms with van der Waals surface area (Å²) in [7, 11) is 7.79. The standard InChI is InChI=1S/C27H27N2OSi.CH3.2ClH.Ti/c1-31(2,27-18-21(26-16-9-17-30-26)19-10-3-4-11-20(19)27)29-24-14-7-5-12-22(24)28-23-13-6-8-15-25(23)29;;;;/h3-17,19-21,27H,18H2,1-2H3;1H3;2*1H;/q2*-1;;;+2/p-2/t19-,20+,21+,27?;;;;/m1..../s1.